The number of hydrogen-bond acceptors (Lipinski definition) is 5. The van der Waals surface area contributed by atoms with Crippen molar-refractivity contribution in [3.63, 3.8) is 0 Å². The van der Waals surface area contributed by atoms with Crippen molar-refractivity contribution in [2.24, 2.45) is 0 Å². The number of aromatic nitrogens is 2. The van der Waals surface area contributed by atoms with Crippen molar-refractivity contribution < 1.29 is 15.3 Å². The number of aromatic amines is 1. The van der Waals surface area contributed by atoms with Crippen LogP contribution >= 0.6 is 0 Å². The largest absolute Gasteiger partial charge is 0.395 e. The lowest BCUT2D eigenvalue weighted by Gasteiger charge is -2.29. The van der Waals surface area contributed by atoms with Gasteiger partial charge in [-0.05, 0) is 18.9 Å². The van der Waals surface area contributed by atoms with Gasteiger partial charge in [-0.25, -0.2) is 0 Å². The molecular weight excluding hydrogens is 294 g/mol. The lowest BCUT2D eigenvalue weighted by molar-refractivity contribution is 0.0178. The highest BCUT2D eigenvalue weighted by atomic mass is 16.3. The van der Waals surface area contributed by atoms with E-state index in [1.54, 1.807) is 6.20 Å². The van der Waals surface area contributed by atoms with Crippen molar-refractivity contribution in [3.05, 3.63) is 53.3 Å². The zero-order valence-corrected chi connectivity index (χ0v) is 13.1. The number of H-pyrrole nitrogens is 1. The summed E-state index contributed by atoms with van der Waals surface area (Å²) in [5, 5.41) is 37.4. The second-order valence-electron chi connectivity index (χ2n) is 6.18. The number of aliphatic hydroxyl groups excluding tert-OH is 3. The molecule has 4 N–H and O–H groups in total. The Morgan fingerprint density at radius 2 is 1.83 bits per heavy atom. The monoisotopic (exact) mass is 317 g/mol. The second-order valence-corrected chi connectivity index (χ2v) is 6.18. The molecule has 2 aromatic rings. The van der Waals surface area contributed by atoms with Gasteiger partial charge in [0.15, 0.2) is 0 Å². The Kier molecular flexibility index (Phi) is 4.77. The average molecular weight is 317 g/mol. The predicted octanol–water partition coefficient (Wildman–Crippen LogP) is 0.228. The summed E-state index contributed by atoms with van der Waals surface area (Å²) < 4.78 is 0. The Hall–Kier alpha value is -1.73. The number of aliphatic hydroxyl groups is 3. The minimum absolute atomic E-state index is 0.194. The van der Waals surface area contributed by atoms with Gasteiger partial charge in [-0.1, -0.05) is 30.3 Å². The van der Waals surface area contributed by atoms with Crippen molar-refractivity contribution in [2.45, 2.75) is 44.2 Å². The summed E-state index contributed by atoms with van der Waals surface area (Å²) in [6, 6.07) is 9.15. The van der Waals surface area contributed by atoms with Crippen molar-refractivity contribution >= 4 is 0 Å². The van der Waals surface area contributed by atoms with Gasteiger partial charge < -0.3 is 15.3 Å². The van der Waals surface area contributed by atoms with Crippen LogP contribution in [0.4, 0.5) is 0 Å². The molecule has 124 valence electrons. The first-order valence-electron chi connectivity index (χ1n) is 7.87. The number of nitrogens with one attached hydrogen (secondary N) is 1. The van der Waals surface area contributed by atoms with Crippen molar-refractivity contribution in [1.82, 2.24) is 15.1 Å². The van der Waals surface area contributed by atoms with Gasteiger partial charge in [0.05, 0.1) is 31.1 Å². The van der Waals surface area contributed by atoms with Crippen LogP contribution in [0.2, 0.25) is 0 Å². The summed E-state index contributed by atoms with van der Waals surface area (Å²) in [5.74, 6) is 0. The fourth-order valence-corrected chi connectivity index (χ4v) is 3.37. The van der Waals surface area contributed by atoms with Crippen LogP contribution < -0.4 is 0 Å². The fourth-order valence-electron chi connectivity index (χ4n) is 3.37. The first kappa shape index (κ1) is 16.1. The Morgan fingerprint density at radius 3 is 2.43 bits per heavy atom. The van der Waals surface area contributed by atoms with Crippen LogP contribution in [0.5, 0.6) is 0 Å². The molecule has 1 aliphatic rings. The maximum Gasteiger partial charge on any atom is 0.0991 e. The van der Waals surface area contributed by atoms with Gasteiger partial charge in [0.25, 0.3) is 0 Å². The summed E-state index contributed by atoms with van der Waals surface area (Å²) in [4.78, 5) is 1.99. The predicted molar refractivity (Wildman–Crippen MR) is 85.7 cm³/mol. The topological polar surface area (TPSA) is 92.6 Å². The van der Waals surface area contributed by atoms with E-state index in [1.807, 2.05) is 42.2 Å². The van der Waals surface area contributed by atoms with E-state index < -0.39 is 18.2 Å². The lowest BCUT2D eigenvalue weighted by atomic mass is 10.0. The number of likely N-dealkylation sites (tertiary alicyclic amines) is 1. The molecule has 0 spiro atoms. The molecule has 6 heteroatoms. The summed E-state index contributed by atoms with van der Waals surface area (Å²) in [6.07, 6.45) is 0.521. The van der Waals surface area contributed by atoms with Crippen molar-refractivity contribution in [3.8, 4) is 0 Å². The van der Waals surface area contributed by atoms with E-state index in [9.17, 15) is 15.3 Å². The second kappa shape index (κ2) is 6.80. The van der Waals surface area contributed by atoms with Crippen LogP contribution in [0.15, 0.2) is 36.5 Å². The van der Waals surface area contributed by atoms with Gasteiger partial charge in [0.1, 0.15) is 0 Å². The van der Waals surface area contributed by atoms with E-state index >= 15 is 0 Å². The Labute approximate surface area is 135 Å². The van der Waals surface area contributed by atoms with Crippen LogP contribution in [0, 0.1) is 6.92 Å². The minimum atomic E-state index is -0.957. The number of rotatable bonds is 5. The Balaban J connectivity index is 1.85. The van der Waals surface area contributed by atoms with Crippen LogP contribution in [0.1, 0.15) is 16.8 Å². The van der Waals surface area contributed by atoms with Gasteiger partial charge >= 0.3 is 0 Å². The van der Waals surface area contributed by atoms with Gasteiger partial charge in [-0.15, -0.1) is 0 Å². The molecule has 23 heavy (non-hydrogen) atoms. The molecule has 1 aliphatic heterocycles. The lowest BCUT2D eigenvalue weighted by Crippen LogP contribution is -2.41. The standard InChI is InChI=1S/C17H23N3O3/c1-11-13(8-18-19-11)9-20-14(7-12-5-3-2-4-6-12)16(22)17(23)15(20)10-21/h2-6,8,14-17,21-23H,7,9-10H2,1H3,(H,18,19)/t14-,15+,16-,17+/m0/s1. The molecular formula is C17H23N3O3. The van der Waals surface area contributed by atoms with Gasteiger partial charge in [-0.3, -0.25) is 10.00 Å². The van der Waals surface area contributed by atoms with Gasteiger partial charge in [-0.2, -0.15) is 5.10 Å². The molecule has 1 aromatic carbocycles. The number of nitrogens with zero attached hydrogens (tertiary/aromatic N) is 2. The molecule has 1 fully saturated rings. The SMILES string of the molecule is Cc1[nH]ncc1CN1[C@H](CO)[C@@H](O)[C@@H](O)[C@@H]1Cc1ccccc1. The quantitative estimate of drug-likeness (QED) is 0.633. The molecule has 0 radical (unpaired) electrons. The van der Waals surface area contributed by atoms with E-state index in [0.717, 1.165) is 16.8 Å². The van der Waals surface area contributed by atoms with Crippen molar-refractivity contribution in [1.29, 1.82) is 0 Å². The highest BCUT2D eigenvalue weighted by Crippen LogP contribution is 2.30. The van der Waals surface area contributed by atoms with Crippen LogP contribution in [0.3, 0.4) is 0 Å². The molecule has 3 rings (SSSR count). The Bertz CT molecular complexity index is 631. The fraction of sp³-hybridized carbons (Fsp3) is 0.471. The highest BCUT2D eigenvalue weighted by Gasteiger charge is 2.47. The van der Waals surface area contributed by atoms with Crippen LogP contribution in [-0.4, -0.2) is 61.3 Å². The third-order valence-electron chi connectivity index (χ3n) is 4.75. The normalized spacial score (nSPS) is 28.3. The number of hydrogen-bond donors (Lipinski definition) is 4. The molecule has 0 amide bonds. The first-order chi connectivity index (χ1) is 11.1. The average Bonchev–Trinajstić information content (AvgIpc) is 3.06. The van der Waals surface area contributed by atoms with Crippen LogP contribution in [0.25, 0.3) is 0 Å². The smallest absolute Gasteiger partial charge is 0.0991 e. The van der Waals surface area contributed by atoms with E-state index in [4.69, 9.17) is 0 Å². The maximum absolute atomic E-state index is 10.5. The number of aryl methyl sites for hydroxylation is 1. The third kappa shape index (κ3) is 3.16. The number of benzene rings is 1. The molecule has 1 saturated heterocycles. The van der Waals surface area contributed by atoms with E-state index in [0.29, 0.717) is 13.0 Å². The first-order valence-corrected chi connectivity index (χ1v) is 7.87. The van der Waals surface area contributed by atoms with Gasteiger partial charge in [0, 0.05) is 23.8 Å². The molecule has 2 heterocycles. The van der Waals surface area contributed by atoms with E-state index in [1.165, 1.54) is 0 Å². The zero-order chi connectivity index (χ0) is 16.4. The molecule has 0 unspecified atom stereocenters. The summed E-state index contributed by atoms with van der Waals surface area (Å²) in [7, 11) is 0. The minimum Gasteiger partial charge on any atom is -0.395 e. The van der Waals surface area contributed by atoms with Crippen LogP contribution in [-0.2, 0) is 13.0 Å². The maximum atomic E-state index is 10.5. The van der Waals surface area contributed by atoms with Gasteiger partial charge in [0.2, 0.25) is 0 Å². The Morgan fingerprint density at radius 1 is 1.13 bits per heavy atom. The molecule has 6 nitrogen and oxygen atoms in total. The highest BCUT2D eigenvalue weighted by molar-refractivity contribution is 5.20. The molecule has 0 aliphatic carbocycles. The third-order valence-corrected chi connectivity index (χ3v) is 4.75. The summed E-state index contributed by atoms with van der Waals surface area (Å²) in [5.41, 5.74) is 3.05. The summed E-state index contributed by atoms with van der Waals surface area (Å²) in [6.45, 7) is 2.27. The molecule has 4 atom stereocenters. The molecule has 0 bridgehead atoms. The van der Waals surface area contributed by atoms with Crippen molar-refractivity contribution in [2.75, 3.05) is 6.61 Å². The molecule has 1 aromatic heterocycles. The van der Waals surface area contributed by atoms with E-state index in [-0.39, 0.29) is 12.6 Å². The molecule has 0 saturated carbocycles. The zero-order valence-electron chi connectivity index (χ0n) is 13.1. The summed E-state index contributed by atoms with van der Waals surface area (Å²) >= 11 is 0. The van der Waals surface area contributed by atoms with E-state index in [2.05, 4.69) is 10.2 Å².